The van der Waals surface area contributed by atoms with Crippen LogP contribution in [0.1, 0.15) is 5.56 Å². The van der Waals surface area contributed by atoms with Crippen molar-refractivity contribution in [2.45, 2.75) is 6.42 Å². The van der Waals surface area contributed by atoms with Crippen molar-refractivity contribution in [3.8, 4) is 5.75 Å². The number of nitrogens with zero attached hydrogens (tertiary/aromatic N) is 1. The fourth-order valence-electron chi connectivity index (χ4n) is 2.25. The minimum absolute atomic E-state index is 0.0444. The zero-order valence-electron chi connectivity index (χ0n) is 10.8. The van der Waals surface area contributed by atoms with E-state index in [1.165, 1.54) is 13.2 Å². The van der Waals surface area contributed by atoms with Gasteiger partial charge in [-0.25, -0.2) is 4.39 Å². The molecule has 0 saturated carbocycles. The van der Waals surface area contributed by atoms with Crippen molar-refractivity contribution in [3.05, 3.63) is 28.3 Å². The molecule has 0 radical (unpaired) electrons. The summed E-state index contributed by atoms with van der Waals surface area (Å²) in [5.74, 6) is -2.10. The Bertz CT molecular complexity index is 451. The maximum Gasteiger partial charge on any atom is 0.202 e. The first-order chi connectivity index (χ1) is 9.13. The lowest BCUT2D eigenvalue weighted by atomic mass is 10.1. The van der Waals surface area contributed by atoms with E-state index in [-0.39, 0.29) is 10.8 Å². The number of ether oxygens (including phenoxy) is 1. The van der Waals surface area contributed by atoms with Gasteiger partial charge in [-0.3, -0.25) is 0 Å². The highest BCUT2D eigenvalue weighted by atomic mass is 35.5. The van der Waals surface area contributed by atoms with Gasteiger partial charge in [-0.15, -0.1) is 0 Å². The molecule has 1 aliphatic rings. The summed E-state index contributed by atoms with van der Waals surface area (Å²) in [7, 11) is 1.33. The van der Waals surface area contributed by atoms with Gasteiger partial charge < -0.3 is 15.0 Å². The number of benzene rings is 1. The molecule has 0 amide bonds. The Kier molecular flexibility index (Phi) is 4.96. The van der Waals surface area contributed by atoms with Crippen LogP contribution >= 0.6 is 11.6 Å². The molecule has 1 saturated heterocycles. The van der Waals surface area contributed by atoms with Crippen LogP contribution in [0.2, 0.25) is 5.02 Å². The van der Waals surface area contributed by atoms with Crippen molar-refractivity contribution >= 4 is 11.6 Å². The van der Waals surface area contributed by atoms with Gasteiger partial charge in [-0.2, -0.15) is 4.39 Å². The van der Waals surface area contributed by atoms with Gasteiger partial charge >= 0.3 is 0 Å². The molecule has 2 rings (SSSR count). The smallest absolute Gasteiger partial charge is 0.202 e. The lowest BCUT2D eigenvalue weighted by Gasteiger charge is -2.27. The van der Waals surface area contributed by atoms with Gasteiger partial charge in [0.15, 0.2) is 11.6 Å². The maximum atomic E-state index is 13.7. The summed E-state index contributed by atoms with van der Waals surface area (Å²) in [6.45, 7) is 4.60. The zero-order chi connectivity index (χ0) is 13.8. The van der Waals surface area contributed by atoms with Crippen LogP contribution in [0.4, 0.5) is 8.78 Å². The Hall–Kier alpha value is -0.910. The molecule has 0 unspecified atom stereocenters. The third-order valence-corrected chi connectivity index (χ3v) is 3.58. The van der Waals surface area contributed by atoms with Crippen molar-refractivity contribution in [1.29, 1.82) is 0 Å². The van der Waals surface area contributed by atoms with Crippen molar-refractivity contribution < 1.29 is 13.5 Å². The normalized spacial score (nSPS) is 16.6. The molecule has 19 heavy (non-hydrogen) atoms. The molecule has 1 aromatic rings. The van der Waals surface area contributed by atoms with Crippen LogP contribution in [0.3, 0.4) is 0 Å². The molecule has 0 aliphatic carbocycles. The molecule has 6 heteroatoms. The highest BCUT2D eigenvalue weighted by Gasteiger charge is 2.19. The minimum atomic E-state index is -1.05. The molecular formula is C13H17ClF2N2O. The predicted molar refractivity (Wildman–Crippen MR) is 70.9 cm³/mol. The van der Waals surface area contributed by atoms with E-state index in [0.717, 1.165) is 32.7 Å². The Balaban J connectivity index is 2.10. The summed E-state index contributed by atoms with van der Waals surface area (Å²) in [5, 5.41) is 3.06. The average molecular weight is 291 g/mol. The molecule has 1 heterocycles. The molecule has 3 nitrogen and oxygen atoms in total. The number of rotatable bonds is 4. The Morgan fingerprint density at radius 3 is 2.63 bits per heavy atom. The number of hydrogen-bond donors (Lipinski definition) is 1. The number of nitrogens with one attached hydrogen (secondary N) is 1. The molecule has 1 aromatic carbocycles. The monoisotopic (exact) mass is 290 g/mol. The second-order valence-electron chi connectivity index (χ2n) is 4.52. The third-order valence-electron chi connectivity index (χ3n) is 3.31. The maximum absolute atomic E-state index is 13.7. The van der Waals surface area contributed by atoms with Crippen LogP contribution in [0.5, 0.6) is 5.75 Å². The largest absolute Gasteiger partial charge is 0.493 e. The first kappa shape index (κ1) is 14.5. The molecule has 0 aromatic heterocycles. The number of hydrogen-bond acceptors (Lipinski definition) is 3. The SMILES string of the molecule is COc1c(CCN2CCNCC2)cc(Cl)c(F)c1F. The molecule has 1 fully saturated rings. The van der Waals surface area contributed by atoms with Crippen LogP contribution < -0.4 is 10.1 Å². The molecular weight excluding hydrogens is 274 g/mol. The van der Waals surface area contributed by atoms with E-state index in [0.29, 0.717) is 12.0 Å². The average Bonchev–Trinajstić information content (AvgIpc) is 2.44. The summed E-state index contributed by atoms with van der Waals surface area (Å²) in [6.07, 6.45) is 0.583. The first-order valence-electron chi connectivity index (χ1n) is 6.27. The van der Waals surface area contributed by atoms with Crippen molar-refractivity contribution in [2.75, 3.05) is 39.8 Å². The number of methoxy groups -OCH3 is 1. The van der Waals surface area contributed by atoms with Crippen LogP contribution in [0.25, 0.3) is 0 Å². The predicted octanol–water partition coefficient (Wildman–Crippen LogP) is 2.07. The second kappa shape index (κ2) is 6.50. The zero-order valence-corrected chi connectivity index (χ0v) is 11.6. The Labute approximate surface area is 116 Å². The Morgan fingerprint density at radius 2 is 2.00 bits per heavy atom. The standard InChI is InChI=1S/C13H17ClF2N2O/c1-19-13-9(8-10(14)11(15)12(13)16)2-5-18-6-3-17-4-7-18/h8,17H,2-7H2,1H3. The summed E-state index contributed by atoms with van der Waals surface area (Å²) < 4.78 is 32.0. The van der Waals surface area contributed by atoms with Gasteiger partial charge in [-0.05, 0) is 12.5 Å². The van der Waals surface area contributed by atoms with Gasteiger partial charge in [0, 0.05) is 38.3 Å². The summed E-state index contributed by atoms with van der Waals surface area (Å²) in [4.78, 5) is 2.27. The fraction of sp³-hybridized carbons (Fsp3) is 0.538. The van der Waals surface area contributed by atoms with Crippen molar-refractivity contribution in [2.24, 2.45) is 0 Å². The third kappa shape index (κ3) is 3.35. The van der Waals surface area contributed by atoms with Crippen molar-refractivity contribution in [3.63, 3.8) is 0 Å². The second-order valence-corrected chi connectivity index (χ2v) is 4.93. The molecule has 0 atom stereocenters. The first-order valence-corrected chi connectivity index (χ1v) is 6.64. The van der Waals surface area contributed by atoms with Gasteiger partial charge in [-0.1, -0.05) is 11.6 Å². The van der Waals surface area contributed by atoms with Crippen LogP contribution in [-0.2, 0) is 6.42 Å². The van der Waals surface area contributed by atoms with E-state index in [1.54, 1.807) is 0 Å². The Morgan fingerprint density at radius 1 is 1.32 bits per heavy atom. The highest BCUT2D eigenvalue weighted by molar-refractivity contribution is 6.30. The van der Waals surface area contributed by atoms with E-state index in [1.807, 2.05) is 0 Å². The van der Waals surface area contributed by atoms with Crippen LogP contribution in [0, 0.1) is 11.6 Å². The molecule has 0 spiro atoms. The highest BCUT2D eigenvalue weighted by Crippen LogP contribution is 2.30. The van der Waals surface area contributed by atoms with Crippen molar-refractivity contribution in [1.82, 2.24) is 10.2 Å². The van der Waals surface area contributed by atoms with E-state index >= 15 is 0 Å². The van der Waals surface area contributed by atoms with Gasteiger partial charge in [0.1, 0.15) is 0 Å². The summed E-state index contributed by atoms with van der Waals surface area (Å²) in [6, 6.07) is 1.45. The van der Waals surface area contributed by atoms with Crippen LogP contribution in [0.15, 0.2) is 6.07 Å². The van der Waals surface area contributed by atoms with Crippen LogP contribution in [-0.4, -0.2) is 44.7 Å². The van der Waals surface area contributed by atoms with E-state index in [9.17, 15) is 8.78 Å². The van der Waals surface area contributed by atoms with E-state index < -0.39 is 11.6 Å². The van der Waals surface area contributed by atoms with Gasteiger partial charge in [0.2, 0.25) is 5.82 Å². The molecule has 106 valence electrons. The molecule has 1 N–H and O–H groups in total. The van der Waals surface area contributed by atoms with Gasteiger partial charge in [0.25, 0.3) is 0 Å². The summed E-state index contributed by atoms with van der Waals surface area (Å²) >= 11 is 5.68. The topological polar surface area (TPSA) is 24.5 Å². The summed E-state index contributed by atoms with van der Waals surface area (Å²) in [5.41, 5.74) is 0.602. The molecule has 1 aliphatic heterocycles. The minimum Gasteiger partial charge on any atom is -0.493 e. The van der Waals surface area contributed by atoms with E-state index in [4.69, 9.17) is 16.3 Å². The number of halogens is 3. The fourth-order valence-corrected chi connectivity index (χ4v) is 2.46. The lowest BCUT2D eigenvalue weighted by molar-refractivity contribution is 0.242. The molecule has 0 bridgehead atoms. The quantitative estimate of drug-likeness (QED) is 0.859. The lowest BCUT2D eigenvalue weighted by Crippen LogP contribution is -2.44. The van der Waals surface area contributed by atoms with Gasteiger partial charge in [0.05, 0.1) is 12.1 Å². The number of piperazine rings is 1. The van der Waals surface area contributed by atoms with E-state index in [2.05, 4.69) is 10.2 Å².